The molecule has 0 saturated heterocycles. The summed E-state index contributed by atoms with van der Waals surface area (Å²) in [4.78, 5) is 23.4. The Bertz CT molecular complexity index is 1070. The summed E-state index contributed by atoms with van der Waals surface area (Å²) in [6, 6.07) is 13.2. The lowest BCUT2D eigenvalue weighted by atomic mass is 10.1. The van der Waals surface area contributed by atoms with Gasteiger partial charge in [-0.25, -0.2) is 10.2 Å². The SMILES string of the molecule is COc1ccc(-c2cc(C(=O)NN=Cc3ccccc3C(=O)O)[nH]n2)cc1OC. The zero-order valence-corrected chi connectivity index (χ0v) is 15.7. The van der Waals surface area contributed by atoms with Crippen molar-refractivity contribution in [1.82, 2.24) is 15.6 Å². The maximum absolute atomic E-state index is 12.3. The molecule has 1 amide bonds. The van der Waals surface area contributed by atoms with Crippen LogP contribution in [0.3, 0.4) is 0 Å². The van der Waals surface area contributed by atoms with E-state index in [1.165, 1.54) is 19.4 Å². The van der Waals surface area contributed by atoms with E-state index in [0.717, 1.165) is 5.56 Å². The van der Waals surface area contributed by atoms with Gasteiger partial charge in [-0.15, -0.1) is 0 Å². The van der Waals surface area contributed by atoms with Crippen molar-refractivity contribution in [2.45, 2.75) is 0 Å². The van der Waals surface area contributed by atoms with E-state index in [0.29, 0.717) is 22.8 Å². The van der Waals surface area contributed by atoms with Gasteiger partial charge in [0.05, 0.1) is 31.7 Å². The van der Waals surface area contributed by atoms with E-state index in [-0.39, 0.29) is 11.3 Å². The number of benzene rings is 2. The molecule has 3 N–H and O–H groups in total. The number of ether oxygens (including phenoxy) is 2. The minimum Gasteiger partial charge on any atom is -0.493 e. The Labute approximate surface area is 166 Å². The number of hydrazone groups is 1. The molecule has 3 rings (SSSR count). The van der Waals surface area contributed by atoms with Crippen molar-refractivity contribution in [3.8, 4) is 22.8 Å². The number of H-pyrrole nitrogens is 1. The maximum Gasteiger partial charge on any atom is 0.336 e. The van der Waals surface area contributed by atoms with Gasteiger partial charge in [-0.2, -0.15) is 10.2 Å². The van der Waals surface area contributed by atoms with Crippen LogP contribution in [0.4, 0.5) is 0 Å². The highest BCUT2D eigenvalue weighted by atomic mass is 16.5. The fourth-order valence-electron chi connectivity index (χ4n) is 2.61. The quantitative estimate of drug-likeness (QED) is 0.418. The standard InChI is InChI=1S/C20H18N4O5/c1-28-17-8-7-12(9-18(17)29-2)15-10-16(23-22-15)19(25)24-21-11-13-5-3-4-6-14(13)20(26)27/h3-11H,1-2H3,(H,22,23)(H,24,25)(H,26,27). The second-order valence-corrected chi connectivity index (χ2v) is 5.83. The number of methoxy groups -OCH3 is 2. The van der Waals surface area contributed by atoms with Gasteiger partial charge in [0, 0.05) is 11.1 Å². The van der Waals surface area contributed by atoms with Gasteiger partial charge in [0.1, 0.15) is 5.69 Å². The predicted molar refractivity (Wildman–Crippen MR) is 106 cm³/mol. The van der Waals surface area contributed by atoms with Gasteiger partial charge in [-0.1, -0.05) is 18.2 Å². The summed E-state index contributed by atoms with van der Waals surface area (Å²) in [6.45, 7) is 0. The molecule has 0 aliphatic carbocycles. The number of carboxylic acids is 1. The topological polar surface area (TPSA) is 126 Å². The normalized spacial score (nSPS) is 10.7. The van der Waals surface area contributed by atoms with Crippen molar-refractivity contribution < 1.29 is 24.2 Å². The van der Waals surface area contributed by atoms with Crippen LogP contribution in [0.15, 0.2) is 53.6 Å². The summed E-state index contributed by atoms with van der Waals surface area (Å²) in [5.41, 5.74) is 4.26. The molecular weight excluding hydrogens is 376 g/mol. The third-order valence-electron chi connectivity index (χ3n) is 4.06. The minimum atomic E-state index is -1.08. The van der Waals surface area contributed by atoms with Crippen molar-refractivity contribution in [1.29, 1.82) is 0 Å². The molecular formula is C20H18N4O5. The van der Waals surface area contributed by atoms with Crippen molar-refractivity contribution in [3.63, 3.8) is 0 Å². The third-order valence-corrected chi connectivity index (χ3v) is 4.06. The largest absolute Gasteiger partial charge is 0.493 e. The van der Waals surface area contributed by atoms with Crippen LogP contribution in [-0.4, -0.2) is 47.6 Å². The molecule has 29 heavy (non-hydrogen) atoms. The molecule has 0 bridgehead atoms. The lowest BCUT2D eigenvalue weighted by Gasteiger charge is -2.08. The molecule has 0 aliphatic rings. The Kier molecular flexibility index (Phi) is 5.88. The minimum absolute atomic E-state index is 0.0859. The second kappa shape index (κ2) is 8.70. The van der Waals surface area contributed by atoms with Crippen LogP contribution >= 0.6 is 0 Å². The highest BCUT2D eigenvalue weighted by molar-refractivity contribution is 5.99. The van der Waals surface area contributed by atoms with E-state index in [9.17, 15) is 9.59 Å². The summed E-state index contributed by atoms with van der Waals surface area (Å²) < 4.78 is 10.5. The number of rotatable bonds is 7. The first kappa shape index (κ1) is 19.6. The van der Waals surface area contributed by atoms with Crippen LogP contribution in [0.2, 0.25) is 0 Å². The van der Waals surface area contributed by atoms with Crippen LogP contribution in [0.1, 0.15) is 26.4 Å². The molecule has 0 atom stereocenters. The monoisotopic (exact) mass is 394 g/mol. The molecule has 148 valence electrons. The van der Waals surface area contributed by atoms with Gasteiger partial charge in [-0.05, 0) is 30.3 Å². The van der Waals surface area contributed by atoms with E-state index in [2.05, 4.69) is 20.7 Å². The molecule has 0 aliphatic heterocycles. The molecule has 0 unspecified atom stereocenters. The molecule has 0 saturated carbocycles. The number of amides is 1. The average molecular weight is 394 g/mol. The zero-order chi connectivity index (χ0) is 20.8. The number of nitrogens with zero attached hydrogens (tertiary/aromatic N) is 2. The number of carboxylic acid groups (broad SMARTS) is 1. The van der Waals surface area contributed by atoms with E-state index in [1.54, 1.807) is 49.6 Å². The summed E-state index contributed by atoms with van der Waals surface area (Å²) in [6.07, 6.45) is 1.27. The van der Waals surface area contributed by atoms with Crippen molar-refractivity contribution in [2.24, 2.45) is 5.10 Å². The molecule has 9 heteroatoms. The first-order valence-corrected chi connectivity index (χ1v) is 8.47. The van der Waals surface area contributed by atoms with E-state index in [1.807, 2.05) is 0 Å². The fourth-order valence-corrected chi connectivity index (χ4v) is 2.61. The fraction of sp³-hybridized carbons (Fsp3) is 0.100. The molecule has 9 nitrogen and oxygen atoms in total. The highest BCUT2D eigenvalue weighted by Gasteiger charge is 2.13. The molecule has 3 aromatic rings. The predicted octanol–water partition coefficient (Wildman–Crippen LogP) is 2.56. The van der Waals surface area contributed by atoms with Gasteiger partial charge in [0.2, 0.25) is 0 Å². The number of aromatic carboxylic acids is 1. The zero-order valence-electron chi connectivity index (χ0n) is 15.7. The number of hydrogen-bond donors (Lipinski definition) is 3. The van der Waals surface area contributed by atoms with E-state index < -0.39 is 11.9 Å². The number of carbonyl (C=O) groups excluding carboxylic acids is 1. The summed E-state index contributed by atoms with van der Waals surface area (Å²) >= 11 is 0. The Morgan fingerprint density at radius 2 is 1.86 bits per heavy atom. The van der Waals surface area contributed by atoms with E-state index >= 15 is 0 Å². The number of aromatic amines is 1. The number of carbonyl (C=O) groups is 2. The Morgan fingerprint density at radius 1 is 1.10 bits per heavy atom. The van der Waals surface area contributed by atoms with Gasteiger partial charge in [0.15, 0.2) is 11.5 Å². The third kappa shape index (κ3) is 4.41. The number of hydrogen-bond acceptors (Lipinski definition) is 6. The second-order valence-electron chi connectivity index (χ2n) is 5.83. The molecule has 1 aromatic heterocycles. The highest BCUT2D eigenvalue weighted by Crippen LogP contribution is 2.31. The van der Waals surface area contributed by atoms with E-state index in [4.69, 9.17) is 14.6 Å². The summed E-state index contributed by atoms with van der Waals surface area (Å²) in [5.74, 6) is -0.471. The van der Waals surface area contributed by atoms with Gasteiger partial charge in [0.25, 0.3) is 5.91 Å². The van der Waals surface area contributed by atoms with Crippen LogP contribution in [0, 0.1) is 0 Å². The Morgan fingerprint density at radius 3 is 2.59 bits per heavy atom. The number of nitrogens with one attached hydrogen (secondary N) is 2. The molecule has 1 heterocycles. The van der Waals surface area contributed by atoms with Gasteiger partial charge < -0.3 is 14.6 Å². The van der Waals surface area contributed by atoms with Crippen molar-refractivity contribution in [3.05, 3.63) is 65.4 Å². The van der Waals surface area contributed by atoms with Crippen molar-refractivity contribution >= 4 is 18.1 Å². The first-order valence-electron chi connectivity index (χ1n) is 8.47. The first-order chi connectivity index (χ1) is 14.0. The molecule has 0 radical (unpaired) electrons. The Balaban J connectivity index is 1.73. The number of aromatic nitrogens is 2. The van der Waals surface area contributed by atoms with Crippen LogP contribution in [-0.2, 0) is 0 Å². The average Bonchev–Trinajstić information content (AvgIpc) is 3.23. The van der Waals surface area contributed by atoms with Crippen LogP contribution < -0.4 is 14.9 Å². The summed E-state index contributed by atoms with van der Waals surface area (Å²) in [7, 11) is 3.08. The van der Waals surface area contributed by atoms with Crippen LogP contribution in [0.25, 0.3) is 11.3 Å². The molecule has 0 spiro atoms. The molecule has 2 aromatic carbocycles. The smallest absolute Gasteiger partial charge is 0.336 e. The Hall–Kier alpha value is -4.14. The molecule has 0 fully saturated rings. The van der Waals surface area contributed by atoms with Gasteiger partial charge >= 0.3 is 5.97 Å². The van der Waals surface area contributed by atoms with Crippen molar-refractivity contribution in [2.75, 3.05) is 14.2 Å². The summed E-state index contributed by atoms with van der Waals surface area (Å²) in [5, 5.41) is 19.8. The lowest BCUT2D eigenvalue weighted by Crippen LogP contribution is -2.18. The lowest BCUT2D eigenvalue weighted by molar-refractivity contribution is 0.0696. The maximum atomic E-state index is 12.3. The van der Waals surface area contributed by atoms with Crippen LogP contribution in [0.5, 0.6) is 11.5 Å². The van der Waals surface area contributed by atoms with Gasteiger partial charge in [-0.3, -0.25) is 9.89 Å².